The van der Waals surface area contributed by atoms with Gasteiger partial charge in [0.05, 0.1) is 0 Å². The monoisotopic (exact) mass is 344 g/mol. The van der Waals surface area contributed by atoms with Crippen molar-refractivity contribution in [2.45, 2.75) is 17.7 Å². The Hall–Kier alpha value is -1.85. The molecule has 0 atom stereocenters. The van der Waals surface area contributed by atoms with Gasteiger partial charge in [-0.2, -0.15) is 0 Å². The van der Waals surface area contributed by atoms with Gasteiger partial charge >= 0.3 is 0 Å². The van der Waals surface area contributed by atoms with Crippen LogP contribution in [0.25, 0.3) is 0 Å². The first kappa shape index (κ1) is 17.0. The summed E-state index contributed by atoms with van der Waals surface area (Å²) in [4.78, 5) is 15.3. The number of hydrogen-bond acceptors (Lipinski definition) is 3. The summed E-state index contributed by atoms with van der Waals surface area (Å²) in [6.07, 6.45) is 1.36. The summed E-state index contributed by atoms with van der Waals surface area (Å²) in [6, 6.07) is 16.7. The lowest BCUT2D eigenvalue weighted by molar-refractivity contribution is -0.132. The van der Waals surface area contributed by atoms with Crippen LogP contribution in [0.15, 0.2) is 59.5 Å². The van der Waals surface area contributed by atoms with Gasteiger partial charge in [-0.1, -0.05) is 30.3 Å². The van der Waals surface area contributed by atoms with Gasteiger partial charge in [-0.25, -0.2) is 8.70 Å². The van der Waals surface area contributed by atoms with E-state index in [2.05, 4.69) is 16.4 Å². The average Bonchev–Trinajstić information content (AvgIpc) is 2.63. The molecule has 1 heterocycles. The lowest BCUT2D eigenvalue weighted by Crippen LogP contribution is -2.46. The Morgan fingerprint density at radius 3 is 2.29 bits per heavy atom. The number of carbonyl (C=O) groups excluding carboxylic acids is 1. The minimum absolute atomic E-state index is 0.215. The van der Waals surface area contributed by atoms with E-state index in [1.54, 1.807) is 24.1 Å². The molecule has 1 fully saturated rings. The third-order valence-electron chi connectivity index (χ3n) is 4.11. The molecule has 0 aliphatic carbocycles. The van der Waals surface area contributed by atoms with Crippen molar-refractivity contribution in [2.24, 2.45) is 0 Å². The van der Waals surface area contributed by atoms with Crippen LogP contribution in [0, 0.1) is 5.82 Å². The second kappa shape index (κ2) is 8.31. The SMILES string of the molecule is O=C(CCc1ccccc1)N1CCN(Sc2ccc(F)cc2)CC1. The maximum absolute atomic E-state index is 12.9. The summed E-state index contributed by atoms with van der Waals surface area (Å²) < 4.78 is 15.2. The number of aryl methyl sites for hydroxylation is 1. The molecule has 2 aromatic carbocycles. The van der Waals surface area contributed by atoms with Crippen LogP contribution in [0.4, 0.5) is 4.39 Å². The van der Waals surface area contributed by atoms with E-state index in [9.17, 15) is 9.18 Å². The maximum atomic E-state index is 12.9. The third-order valence-corrected chi connectivity index (χ3v) is 5.22. The number of benzene rings is 2. The van der Waals surface area contributed by atoms with Crippen molar-refractivity contribution in [3.05, 3.63) is 66.0 Å². The fourth-order valence-electron chi connectivity index (χ4n) is 2.73. The number of hydrogen-bond donors (Lipinski definition) is 0. The predicted octanol–water partition coefficient (Wildman–Crippen LogP) is 3.61. The van der Waals surface area contributed by atoms with E-state index < -0.39 is 0 Å². The van der Waals surface area contributed by atoms with Crippen LogP contribution in [0.1, 0.15) is 12.0 Å². The topological polar surface area (TPSA) is 23.6 Å². The summed E-state index contributed by atoms with van der Waals surface area (Å²) >= 11 is 1.63. The Balaban J connectivity index is 1.42. The van der Waals surface area contributed by atoms with Crippen molar-refractivity contribution < 1.29 is 9.18 Å². The highest BCUT2D eigenvalue weighted by atomic mass is 32.2. The molecule has 0 aromatic heterocycles. The van der Waals surface area contributed by atoms with E-state index in [4.69, 9.17) is 0 Å². The van der Waals surface area contributed by atoms with E-state index in [1.807, 2.05) is 23.1 Å². The molecule has 3 nitrogen and oxygen atoms in total. The van der Waals surface area contributed by atoms with E-state index in [1.165, 1.54) is 17.7 Å². The van der Waals surface area contributed by atoms with Gasteiger partial charge < -0.3 is 4.90 Å². The molecule has 0 bridgehead atoms. The quantitative estimate of drug-likeness (QED) is 0.774. The molecule has 2 aromatic rings. The molecule has 126 valence electrons. The van der Waals surface area contributed by atoms with Crippen molar-refractivity contribution in [3.8, 4) is 0 Å². The fourth-order valence-corrected chi connectivity index (χ4v) is 3.63. The summed E-state index contributed by atoms with van der Waals surface area (Å²) in [5, 5.41) is 0. The molecule has 1 aliphatic heterocycles. The minimum atomic E-state index is -0.215. The van der Waals surface area contributed by atoms with Crippen molar-refractivity contribution in [2.75, 3.05) is 26.2 Å². The molecule has 0 saturated carbocycles. The fraction of sp³-hybridized carbons (Fsp3) is 0.316. The zero-order chi connectivity index (χ0) is 16.8. The van der Waals surface area contributed by atoms with Gasteiger partial charge in [0, 0.05) is 37.5 Å². The van der Waals surface area contributed by atoms with Crippen molar-refractivity contribution in [1.29, 1.82) is 0 Å². The van der Waals surface area contributed by atoms with Crippen LogP contribution >= 0.6 is 11.9 Å². The van der Waals surface area contributed by atoms with E-state index in [0.717, 1.165) is 37.5 Å². The lowest BCUT2D eigenvalue weighted by Gasteiger charge is -2.34. The van der Waals surface area contributed by atoms with E-state index >= 15 is 0 Å². The number of amides is 1. The number of halogens is 1. The summed E-state index contributed by atoms with van der Waals surface area (Å²) in [6.45, 7) is 3.17. The zero-order valence-electron chi connectivity index (χ0n) is 13.5. The normalized spacial score (nSPS) is 15.5. The molecular formula is C19H21FN2OS. The molecule has 0 unspecified atom stereocenters. The van der Waals surface area contributed by atoms with Crippen LogP contribution in [0.3, 0.4) is 0 Å². The van der Waals surface area contributed by atoms with E-state index in [-0.39, 0.29) is 11.7 Å². The minimum Gasteiger partial charge on any atom is -0.340 e. The Bertz CT molecular complexity index is 655. The van der Waals surface area contributed by atoms with Crippen LogP contribution in [0.2, 0.25) is 0 Å². The predicted molar refractivity (Wildman–Crippen MR) is 95.2 cm³/mol. The van der Waals surface area contributed by atoms with Crippen LogP contribution < -0.4 is 0 Å². The average molecular weight is 344 g/mol. The van der Waals surface area contributed by atoms with Gasteiger partial charge in [0.1, 0.15) is 5.82 Å². The summed E-state index contributed by atoms with van der Waals surface area (Å²) in [7, 11) is 0. The Labute approximate surface area is 146 Å². The van der Waals surface area contributed by atoms with Gasteiger partial charge in [-0.05, 0) is 48.2 Å². The van der Waals surface area contributed by atoms with Crippen molar-refractivity contribution in [1.82, 2.24) is 9.21 Å². The number of carbonyl (C=O) groups is 1. The molecular weight excluding hydrogens is 323 g/mol. The highest BCUT2D eigenvalue weighted by molar-refractivity contribution is 7.97. The molecule has 1 amide bonds. The largest absolute Gasteiger partial charge is 0.340 e. The van der Waals surface area contributed by atoms with Gasteiger partial charge in [0.15, 0.2) is 0 Å². The molecule has 1 aliphatic rings. The van der Waals surface area contributed by atoms with Crippen LogP contribution in [0.5, 0.6) is 0 Å². The Morgan fingerprint density at radius 1 is 0.958 bits per heavy atom. The third kappa shape index (κ3) is 4.82. The van der Waals surface area contributed by atoms with Gasteiger partial charge in [-0.3, -0.25) is 4.79 Å². The van der Waals surface area contributed by atoms with Gasteiger partial charge in [0.25, 0.3) is 0 Å². The molecule has 1 saturated heterocycles. The first-order valence-electron chi connectivity index (χ1n) is 8.21. The lowest BCUT2D eigenvalue weighted by atomic mass is 10.1. The van der Waals surface area contributed by atoms with Gasteiger partial charge in [-0.15, -0.1) is 0 Å². The first-order valence-corrected chi connectivity index (χ1v) is 8.98. The van der Waals surface area contributed by atoms with Crippen LogP contribution in [-0.4, -0.2) is 41.3 Å². The molecule has 0 spiro atoms. The Kier molecular flexibility index (Phi) is 5.88. The smallest absolute Gasteiger partial charge is 0.222 e. The van der Waals surface area contributed by atoms with Gasteiger partial charge in [0.2, 0.25) is 5.91 Å². The maximum Gasteiger partial charge on any atom is 0.222 e. The first-order chi connectivity index (χ1) is 11.7. The summed E-state index contributed by atoms with van der Waals surface area (Å²) in [5.41, 5.74) is 1.20. The number of nitrogens with zero attached hydrogens (tertiary/aromatic N) is 2. The molecule has 0 N–H and O–H groups in total. The standard InChI is InChI=1S/C19H21FN2OS/c20-17-7-9-18(10-8-17)24-22-14-12-21(13-15-22)19(23)11-6-16-4-2-1-3-5-16/h1-5,7-10H,6,11-15H2. The number of piperazine rings is 1. The molecule has 24 heavy (non-hydrogen) atoms. The van der Waals surface area contributed by atoms with E-state index in [0.29, 0.717) is 6.42 Å². The molecule has 3 rings (SSSR count). The van der Waals surface area contributed by atoms with Crippen molar-refractivity contribution >= 4 is 17.9 Å². The number of rotatable bonds is 5. The zero-order valence-corrected chi connectivity index (χ0v) is 14.3. The Morgan fingerprint density at radius 2 is 1.62 bits per heavy atom. The second-order valence-corrected chi connectivity index (χ2v) is 7.01. The highest BCUT2D eigenvalue weighted by Gasteiger charge is 2.21. The highest BCUT2D eigenvalue weighted by Crippen LogP contribution is 2.24. The van der Waals surface area contributed by atoms with Crippen LogP contribution in [-0.2, 0) is 11.2 Å². The summed E-state index contributed by atoms with van der Waals surface area (Å²) in [5.74, 6) is 0.0125. The molecule has 0 radical (unpaired) electrons. The molecule has 5 heteroatoms. The van der Waals surface area contributed by atoms with Crippen molar-refractivity contribution in [3.63, 3.8) is 0 Å². The second-order valence-electron chi connectivity index (χ2n) is 5.84.